The van der Waals surface area contributed by atoms with Crippen molar-refractivity contribution < 1.29 is 37.3 Å². The molecule has 0 saturated heterocycles. The quantitative estimate of drug-likeness (QED) is 0.0210. The van der Waals surface area contributed by atoms with Gasteiger partial charge in [0.2, 0.25) is 0 Å². The van der Waals surface area contributed by atoms with Crippen molar-refractivity contribution in [2.75, 3.05) is 54.1 Å². The van der Waals surface area contributed by atoms with Gasteiger partial charge in [0, 0.05) is 13.0 Å². The molecule has 0 aromatic heterocycles. The SMILES string of the molecule is CC/C=C\C/C=C\C/C=C\C/C=C\C/C=C\C/C=C\CCCCCCCOCC(COP(=O)([O-])OCC[N+](C)(C)C)OC(=O)CCCCCCC. The maximum absolute atomic E-state index is 12.4. The maximum Gasteiger partial charge on any atom is 0.306 e. The number of nitrogens with zero attached hydrogens (tertiary/aromatic N) is 1. The van der Waals surface area contributed by atoms with Crippen LogP contribution in [0.4, 0.5) is 0 Å². The standard InChI is InChI=1S/C42H74NO7P/c1-6-8-10-12-13-14-15-16-17-18-19-20-21-22-23-24-25-26-27-28-29-30-32-34-37-47-39-41(50-42(44)35-33-31-11-9-7-2)40-49-51(45,46)48-38-36-43(3,4)5/h8,10,13-14,16-17,19-20,22-23,25-26,41H,6-7,9,11-12,15,18,21,24,27-40H2,1-5H3/b10-8-,14-13-,17-16-,20-19-,23-22-,26-25-. The molecule has 0 heterocycles. The largest absolute Gasteiger partial charge is 0.756 e. The molecule has 0 rings (SSSR count). The van der Waals surface area contributed by atoms with E-state index in [1.165, 1.54) is 12.8 Å². The van der Waals surface area contributed by atoms with Crippen LogP contribution in [0.3, 0.4) is 0 Å². The van der Waals surface area contributed by atoms with Crippen molar-refractivity contribution in [3.05, 3.63) is 72.9 Å². The molecule has 0 radical (unpaired) electrons. The topological polar surface area (TPSA) is 94.1 Å². The fraction of sp³-hybridized carbons (Fsp3) is 0.690. The van der Waals surface area contributed by atoms with Gasteiger partial charge in [0.1, 0.15) is 19.3 Å². The summed E-state index contributed by atoms with van der Waals surface area (Å²) in [5.41, 5.74) is 0. The fourth-order valence-corrected chi connectivity index (χ4v) is 5.45. The minimum absolute atomic E-state index is 0.0182. The Morgan fingerprint density at radius 2 is 1.14 bits per heavy atom. The lowest BCUT2D eigenvalue weighted by Crippen LogP contribution is -2.37. The Kier molecular flexibility index (Phi) is 33.6. The average Bonchev–Trinajstić information content (AvgIpc) is 3.07. The molecule has 0 spiro atoms. The van der Waals surface area contributed by atoms with E-state index in [1.807, 2.05) is 21.1 Å². The molecule has 2 atom stereocenters. The molecule has 8 nitrogen and oxygen atoms in total. The van der Waals surface area contributed by atoms with Gasteiger partial charge in [-0.3, -0.25) is 9.36 Å². The van der Waals surface area contributed by atoms with Crippen molar-refractivity contribution in [3.8, 4) is 0 Å². The monoisotopic (exact) mass is 736 g/mol. The molecule has 294 valence electrons. The number of carbonyl (C=O) groups is 1. The smallest absolute Gasteiger partial charge is 0.306 e. The van der Waals surface area contributed by atoms with Crippen LogP contribution in [0, 0.1) is 0 Å². The Labute approximate surface area is 312 Å². The second kappa shape index (κ2) is 35.0. The van der Waals surface area contributed by atoms with Gasteiger partial charge in [-0.15, -0.1) is 0 Å². The van der Waals surface area contributed by atoms with Gasteiger partial charge >= 0.3 is 5.97 Å². The van der Waals surface area contributed by atoms with Gasteiger partial charge in [-0.1, -0.05) is 132 Å². The summed E-state index contributed by atoms with van der Waals surface area (Å²) < 4.78 is 34.2. The maximum atomic E-state index is 12.4. The first-order chi connectivity index (χ1) is 24.6. The lowest BCUT2D eigenvalue weighted by Gasteiger charge is -2.28. The number of allylic oxidation sites excluding steroid dienone is 12. The zero-order valence-corrected chi connectivity index (χ0v) is 33.9. The Bertz CT molecular complexity index is 1040. The molecule has 0 aromatic rings. The number of hydrogen-bond donors (Lipinski definition) is 0. The van der Waals surface area contributed by atoms with E-state index in [4.69, 9.17) is 18.5 Å². The molecular formula is C42H74NO7P. The number of phosphoric ester groups is 1. The van der Waals surface area contributed by atoms with E-state index < -0.39 is 13.9 Å². The van der Waals surface area contributed by atoms with Gasteiger partial charge in [0.05, 0.1) is 34.4 Å². The van der Waals surface area contributed by atoms with Crippen molar-refractivity contribution in [2.24, 2.45) is 0 Å². The number of quaternary nitrogens is 1. The van der Waals surface area contributed by atoms with Gasteiger partial charge in [-0.25, -0.2) is 0 Å². The molecular weight excluding hydrogens is 661 g/mol. The van der Waals surface area contributed by atoms with E-state index in [-0.39, 0.29) is 25.8 Å². The third kappa shape index (κ3) is 39.0. The second-order valence-electron chi connectivity index (χ2n) is 13.9. The Balaban J connectivity index is 4.11. The normalized spacial score (nSPS) is 14.7. The zero-order chi connectivity index (χ0) is 37.7. The van der Waals surface area contributed by atoms with Crippen LogP contribution in [0.15, 0.2) is 72.9 Å². The summed E-state index contributed by atoms with van der Waals surface area (Å²) in [7, 11) is 1.33. The lowest BCUT2D eigenvalue weighted by molar-refractivity contribution is -0.870. The number of ether oxygens (including phenoxy) is 2. The summed E-state index contributed by atoms with van der Waals surface area (Å²) in [5, 5.41) is 0. The van der Waals surface area contributed by atoms with Crippen LogP contribution in [-0.4, -0.2) is 70.7 Å². The summed E-state index contributed by atoms with van der Waals surface area (Å²) in [6.45, 7) is 5.12. The summed E-state index contributed by atoms with van der Waals surface area (Å²) in [6, 6.07) is 0. The Hall–Kier alpha value is -2.06. The predicted molar refractivity (Wildman–Crippen MR) is 212 cm³/mol. The highest BCUT2D eigenvalue weighted by Crippen LogP contribution is 2.38. The minimum Gasteiger partial charge on any atom is -0.756 e. The first kappa shape index (κ1) is 48.9. The van der Waals surface area contributed by atoms with E-state index in [2.05, 4.69) is 86.8 Å². The molecule has 0 aromatic carbocycles. The molecule has 0 saturated carbocycles. The molecule has 9 heteroatoms. The Morgan fingerprint density at radius 1 is 0.627 bits per heavy atom. The van der Waals surface area contributed by atoms with Crippen LogP contribution in [-0.2, 0) is 27.9 Å². The molecule has 0 fully saturated rings. The van der Waals surface area contributed by atoms with Crippen molar-refractivity contribution in [1.29, 1.82) is 0 Å². The van der Waals surface area contributed by atoms with Gasteiger partial charge < -0.3 is 27.9 Å². The lowest BCUT2D eigenvalue weighted by atomic mass is 10.1. The number of likely N-dealkylation sites (N-methyl/N-ethyl adjacent to an activating group) is 1. The number of hydrogen-bond acceptors (Lipinski definition) is 7. The highest BCUT2D eigenvalue weighted by molar-refractivity contribution is 7.45. The van der Waals surface area contributed by atoms with E-state index in [9.17, 15) is 14.3 Å². The zero-order valence-electron chi connectivity index (χ0n) is 33.0. The summed E-state index contributed by atoms with van der Waals surface area (Å²) in [5.74, 6) is -0.359. The van der Waals surface area contributed by atoms with Crippen LogP contribution < -0.4 is 4.89 Å². The number of esters is 1. The number of rotatable bonds is 35. The van der Waals surface area contributed by atoms with Crippen molar-refractivity contribution >= 4 is 13.8 Å². The molecule has 0 bridgehead atoms. The molecule has 0 N–H and O–H groups in total. The molecule has 51 heavy (non-hydrogen) atoms. The summed E-state index contributed by atoms with van der Waals surface area (Å²) in [4.78, 5) is 24.7. The van der Waals surface area contributed by atoms with Crippen LogP contribution in [0.2, 0.25) is 0 Å². The third-order valence-electron chi connectivity index (χ3n) is 7.77. The van der Waals surface area contributed by atoms with E-state index in [0.717, 1.165) is 96.3 Å². The van der Waals surface area contributed by atoms with Crippen molar-refractivity contribution in [1.82, 2.24) is 0 Å². The number of unbranched alkanes of at least 4 members (excludes halogenated alkanes) is 9. The van der Waals surface area contributed by atoms with Crippen LogP contribution in [0.25, 0.3) is 0 Å². The van der Waals surface area contributed by atoms with Crippen molar-refractivity contribution in [3.63, 3.8) is 0 Å². The fourth-order valence-electron chi connectivity index (χ4n) is 4.72. The number of carbonyl (C=O) groups excluding carboxylic acids is 1. The highest BCUT2D eigenvalue weighted by Gasteiger charge is 2.20. The molecule has 0 aliphatic carbocycles. The molecule has 0 aliphatic rings. The van der Waals surface area contributed by atoms with Gasteiger partial charge in [0.25, 0.3) is 7.82 Å². The van der Waals surface area contributed by atoms with Crippen molar-refractivity contribution in [2.45, 2.75) is 136 Å². The Morgan fingerprint density at radius 3 is 1.71 bits per heavy atom. The molecule has 2 unspecified atom stereocenters. The average molecular weight is 736 g/mol. The first-order valence-corrected chi connectivity index (χ1v) is 21.1. The second-order valence-corrected chi connectivity index (χ2v) is 15.3. The highest BCUT2D eigenvalue weighted by atomic mass is 31.2. The minimum atomic E-state index is -4.52. The van der Waals surface area contributed by atoms with Crippen LogP contribution >= 0.6 is 7.82 Å². The first-order valence-electron chi connectivity index (χ1n) is 19.7. The van der Waals surface area contributed by atoms with Gasteiger partial charge in [-0.05, 0) is 64.2 Å². The molecule has 0 amide bonds. The van der Waals surface area contributed by atoms with E-state index >= 15 is 0 Å². The van der Waals surface area contributed by atoms with Crippen LogP contribution in [0.1, 0.15) is 129 Å². The van der Waals surface area contributed by atoms with Gasteiger partial charge in [0.15, 0.2) is 0 Å². The van der Waals surface area contributed by atoms with E-state index in [1.54, 1.807) is 0 Å². The van der Waals surface area contributed by atoms with E-state index in [0.29, 0.717) is 24.1 Å². The summed E-state index contributed by atoms with van der Waals surface area (Å²) >= 11 is 0. The number of phosphoric acid groups is 1. The third-order valence-corrected chi connectivity index (χ3v) is 8.74. The summed E-state index contributed by atoms with van der Waals surface area (Å²) in [6.07, 6.45) is 43.9. The predicted octanol–water partition coefficient (Wildman–Crippen LogP) is 10.5. The van der Waals surface area contributed by atoms with Crippen LogP contribution in [0.5, 0.6) is 0 Å². The molecule has 0 aliphatic heterocycles. The van der Waals surface area contributed by atoms with Gasteiger partial charge in [-0.2, -0.15) is 0 Å².